The normalized spacial score (nSPS) is 19.4. The third-order valence-corrected chi connectivity index (χ3v) is 24.0. The molecule has 0 bridgehead atoms. The van der Waals surface area contributed by atoms with E-state index in [1.807, 2.05) is 6.56 Å². The Morgan fingerprint density at radius 1 is 1.00 bits per heavy atom. The van der Waals surface area contributed by atoms with E-state index in [2.05, 4.69) is 77.1 Å². The van der Waals surface area contributed by atoms with Gasteiger partial charge in [0.05, 0.1) is 0 Å². The summed E-state index contributed by atoms with van der Waals surface area (Å²) in [5, 5.41) is 1.71. The third-order valence-electron chi connectivity index (χ3n) is 5.75. The Hall–Kier alpha value is -0.140. The Morgan fingerprint density at radius 2 is 1.68 bits per heavy atom. The van der Waals surface area contributed by atoms with Crippen molar-refractivity contribution in [3.63, 3.8) is 0 Å². The van der Waals surface area contributed by atoms with E-state index in [0.29, 0.717) is 5.92 Å². The molecule has 0 radical (unpaired) electrons. The van der Waals surface area contributed by atoms with Crippen LogP contribution >= 0.6 is 0 Å². The maximum atomic E-state index is 2.47. The number of rotatable bonds is 4. The van der Waals surface area contributed by atoms with Crippen molar-refractivity contribution in [1.29, 1.82) is 0 Å². The molecule has 133 valence electrons. The summed E-state index contributed by atoms with van der Waals surface area (Å²) >= 11 is -1.71. The molecule has 2 aliphatic carbocycles. The van der Waals surface area contributed by atoms with E-state index >= 15 is 0 Å². The quantitative estimate of drug-likeness (QED) is 0.468. The van der Waals surface area contributed by atoms with Crippen LogP contribution in [0.1, 0.15) is 39.7 Å². The van der Waals surface area contributed by atoms with Gasteiger partial charge in [0.2, 0.25) is 0 Å². The number of benzene rings is 1. The molecule has 0 heterocycles. The van der Waals surface area contributed by atoms with Crippen LogP contribution in [0, 0.1) is 12.8 Å². The zero-order valence-corrected chi connectivity index (χ0v) is 21.2. The first-order chi connectivity index (χ1) is 11.0. The second kappa shape index (κ2) is 9.70. The average Bonchev–Trinajstić information content (AvgIpc) is 3.13. The average molecular weight is 470 g/mol. The molecule has 25 heavy (non-hydrogen) atoms. The van der Waals surface area contributed by atoms with Crippen LogP contribution in [-0.4, -0.2) is 6.65 Å². The molecular formula is C21H27Cl2SiZr. The predicted molar refractivity (Wildman–Crippen MR) is 101 cm³/mol. The van der Waals surface area contributed by atoms with Crippen molar-refractivity contribution in [3.05, 3.63) is 71.3 Å². The molecule has 0 aliphatic heterocycles. The van der Waals surface area contributed by atoms with Crippen molar-refractivity contribution < 1.29 is 45.7 Å². The fourth-order valence-corrected chi connectivity index (χ4v) is 25.0. The molecule has 2 aliphatic rings. The van der Waals surface area contributed by atoms with Crippen LogP contribution in [-0.2, 0) is 20.9 Å². The van der Waals surface area contributed by atoms with Crippen molar-refractivity contribution in [3.8, 4) is 0 Å². The van der Waals surface area contributed by atoms with Gasteiger partial charge in [-0.2, -0.15) is 0 Å². The standard InChI is InChI=1S/C9H13.C7H9Si.C5H5.2ClH.Zr/c1-6-5-7(2)9(4)8(6)3;1-6-4-2-3-5-7(6)8;1-2-4-5-3-1;;;/h6H,1-4H3;2-5H,8H2,1H3;1-3H,4H2;2*1H;/q;;;;;+2/p-2. The summed E-state index contributed by atoms with van der Waals surface area (Å²) in [4.78, 5) is 0. The molecule has 3 rings (SSSR count). The molecule has 0 fully saturated rings. The first kappa shape index (κ1) is 22.9. The van der Waals surface area contributed by atoms with E-state index in [0.717, 1.165) is 0 Å². The van der Waals surface area contributed by atoms with Gasteiger partial charge in [0, 0.05) is 0 Å². The summed E-state index contributed by atoms with van der Waals surface area (Å²) in [6, 6.07) is 9.14. The van der Waals surface area contributed by atoms with Crippen LogP contribution in [0.25, 0.3) is 0 Å². The van der Waals surface area contributed by atoms with Crippen molar-refractivity contribution in [2.45, 2.75) is 41.0 Å². The smallest absolute Gasteiger partial charge is 1.00 e. The summed E-state index contributed by atoms with van der Waals surface area (Å²) in [6.45, 7) is 11.7. The zero-order valence-electron chi connectivity index (χ0n) is 15.8. The summed E-state index contributed by atoms with van der Waals surface area (Å²) < 4.78 is 3.75. The van der Waals surface area contributed by atoms with Gasteiger partial charge >= 0.3 is 151 Å². The van der Waals surface area contributed by atoms with Crippen molar-refractivity contribution in [2.24, 2.45) is 5.92 Å². The van der Waals surface area contributed by atoms with Gasteiger partial charge < -0.3 is 24.8 Å². The summed E-state index contributed by atoms with van der Waals surface area (Å²) in [7, 11) is 0. The third kappa shape index (κ3) is 4.59. The van der Waals surface area contributed by atoms with E-state index in [-0.39, 0.29) is 31.5 Å². The molecule has 1 unspecified atom stereocenters. The molecule has 0 saturated heterocycles. The number of aryl methyl sites for hydroxylation is 1. The van der Waals surface area contributed by atoms with Crippen LogP contribution in [0.3, 0.4) is 0 Å². The fraction of sp³-hybridized carbons (Fsp3) is 0.333. The molecule has 0 spiro atoms. The Morgan fingerprint density at radius 3 is 2.20 bits per heavy atom. The first-order valence-corrected chi connectivity index (χ1v) is 17.7. The zero-order chi connectivity index (χ0) is 16.6. The summed E-state index contributed by atoms with van der Waals surface area (Å²) in [5.41, 5.74) is 6.38. The molecule has 1 aromatic rings. The minimum absolute atomic E-state index is 0. The van der Waals surface area contributed by atoms with Crippen LogP contribution in [0.5, 0.6) is 0 Å². The second-order valence-electron chi connectivity index (χ2n) is 6.97. The van der Waals surface area contributed by atoms with E-state index in [1.54, 1.807) is 21.9 Å². The van der Waals surface area contributed by atoms with Gasteiger partial charge in [-0.25, -0.2) is 0 Å². The minimum atomic E-state index is -1.71. The largest absolute Gasteiger partial charge is 1.00 e. The van der Waals surface area contributed by atoms with Crippen LogP contribution < -0.4 is 30.0 Å². The number of halogens is 2. The topological polar surface area (TPSA) is 0 Å². The van der Waals surface area contributed by atoms with Gasteiger partial charge in [0.15, 0.2) is 0 Å². The van der Waals surface area contributed by atoms with E-state index in [4.69, 9.17) is 0 Å². The van der Waals surface area contributed by atoms with Gasteiger partial charge in [-0.15, -0.1) is 0 Å². The van der Waals surface area contributed by atoms with E-state index in [9.17, 15) is 0 Å². The fourth-order valence-electron chi connectivity index (χ4n) is 3.90. The van der Waals surface area contributed by atoms with Crippen LogP contribution in [0.4, 0.5) is 0 Å². The molecular weight excluding hydrogens is 442 g/mol. The van der Waals surface area contributed by atoms with Gasteiger partial charge in [0.1, 0.15) is 0 Å². The number of allylic oxidation sites excluding steroid dienone is 8. The Kier molecular flexibility index (Phi) is 8.88. The predicted octanol–water partition coefficient (Wildman–Crippen LogP) is -1.57. The Labute approximate surface area is 174 Å². The number of hydrogen-bond donors (Lipinski definition) is 0. The summed E-state index contributed by atoms with van der Waals surface area (Å²) in [5.74, 6) is 0.697. The molecule has 0 N–H and O–H groups in total. The molecule has 0 aromatic heterocycles. The molecule has 1 aromatic carbocycles. The number of hydrogen-bond acceptors (Lipinski definition) is 0. The minimum Gasteiger partial charge on any atom is -1.00 e. The molecule has 1 atom stereocenters. The second-order valence-corrected chi connectivity index (χ2v) is 20.1. The summed E-state index contributed by atoms with van der Waals surface area (Å²) in [6.07, 6.45) is 8.36. The molecule has 0 amide bonds. The van der Waals surface area contributed by atoms with Gasteiger partial charge in [-0.05, 0) is 0 Å². The van der Waals surface area contributed by atoms with Crippen LogP contribution in [0.2, 0.25) is 0 Å². The Balaban J connectivity index is 0.00000156. The van der Waals surface area contributed by atoms with Crippen LogP contribution in [0.15, 0.2) is 65.8 Å². The van der Waals surface area contributed by atoms with E-state index < -0.39 is 20.9 Å². The Bertz CT molecular complexity index is 759. The van der Waals surface area contributed by atoms with Crippen molar-refractivity contribution >= 4 is 11.8 Å². The first-order valence-electron chi connectivity index (χ1n) is 8.66. The van der Waals surface area contributed by atoms with Gasteiger partial charge in [0.25, 0.3) is 0 Å². The monoisotopic (exact) mass is 467 g/mol. The molecule has 0 saturated carbocycles. The maximum Gasteiger partial charge on any atom is -1.00 e. The van der Waals surface area contributed by atoms with Crippen molar-refractivity contribution in [2.75, 3.05) is 0 Å². The van der Waals surface area contributed by atoms with Gasteiger partial charge in [-0.1, -0.05) is 0 Å². The molecule has 4 heteroatoms. The van der Waals surface area contributed by atoms with Crippen molar-refractivity contribution in [1.82, 2.24) is 0 Å². The maximum absolute atomic E-state index is 2.47. The molecule has 0 nitrogen and oxygen atoms in total. The SMILES string of the molecule is CC1=C(C)C(C)[C]([Zr+2]([SiH2]c2ccccc2C)[C]2=CC=CC2)=C1C.[Cl-].[Cl-]. The van der Waals surface area contributed by atoms with Gasteiger partial charge in [-0.3, -0.25) is 0 Å². The van der Waals surface area contributed by atoms with E-state index in [1.165, 1.54) is 12.0 Å².